The minimum atomic E-state index is -4.69. The molecule has 2 saturated heterocycles. The molecule has 0 radical (unpaired) electrons. The van der Waals surface area contributed by atoms with Gasteiger partial charge in [0.05, 0.1) is 37.6 Å². The van der Waals surface area contributed by atoms with Crippen LogP contribution in [0.2, 0.25) is 0 Å². The number of hydrogen-bond donors (Lipinski definition) is 1. The summed E-state index contributed by atoms with van der Waals surface area (Å²) in [5.74, 6) is -0.643. The van der Waals surface area contributed by atoms with Gasteiger partial charge in [0.1, 0.15) is 42.0 Å². The largest absolute Gasteiger partial charge is 0.493 e. The molecular formula is C37H42F2N8O7S. The van der Waals surface area contributed by atoms with Gasteiger partial charge in [-0.25, -0.2) is 36.7 Å². The highest BCUT2D eigenvalue weighted by Crippen LogP contribution is 2.42. The molecule has 4 atom stereocenters. The molecule has 7 rings (SSSR count). The topological polar surface area (TPSA) is 159 Å². The lowest BCUT2D eigenvalue weighted by Gasteiger charge is -2.37. The lowest BCUT2D eigenvalue weighted by Crippen LogP contribution is -2.46. The lowest BCUT2D eigenvalue weighted by molar-refractivity contribution is -0.0206. The van der Waals surface area contributed by atoms with Crippen LogP contribution in [0.25, 0.3) is 5.69 Å². The molecule has 5 aromatic rings. The standard InChI is InChI=1S/C37H42F2N8O7S/c1-3-35(26(2)54-55(49,50)51)47-36(48)46(25-42-47)31-7-5-29(6-8-31)43-14-16-44(17-15-43)30-9-11-32(12-10-30)52-20-27-19-37(53-21-27,22-45-24-40-23-41-45)33-13-4-28(38)18-34(33)39/h4-13,18,23-27,35H,3,14-17,19-22H2,1-2H3,(H,49,50,51)/t26?,27-,35+,37+/m1/s1. The molecule has 292 valence electrons. The average molecular weight is 781 g/mol. The van der Waals surface area contributed by atoms with Gasteiger partial charge in [-0.3, -0.25) is 4.55 Å². The molecule has 2 aliphatic rings. The molecule has 0 saturated carbocycles. The van der Waals surface area contributed by atoms with Crippen LogP contribution in [-0.4, -0.2) is 87.6 Å². The van der Waals surface area contributed by atoms with Crippen molar-refractivity contribution in [1.29, 1.82) is 0 Å². The Labute approximate surface area is 316 Å². The Hall–Kier alpha value is -5.17. The van der Waals surface area contributed by atoms with Crippen LogP contribution in [0, 0.1) is 17.6 Å². The smallest absolute Gasteiger partial charge is 0.397 e. The fraction of sp³-hybridized carbons (Fsp3) is 0.405. The van der Waals surface area contributed by atoms with Gasteiger partial charge in [0, 0.05) is 55.1 Å². The number of aromatic nitrogens is 6. The van der Waals surface area contributed by atoms with Crippen LogP contribution in [0.4, 0.5) is 20.2 Å². The molecule has 1 unspecified atom stereocenters. The van der Waals surface area contributed by atoms with E-state index in [0.29, 0.717) is 37.5 Å². The van der Waals surface area contributed by atoms with Crippen molar-refractivity contribution in [2.45, 2.75) is 51.0 Å². The number of nitrogens with zero attached hydrogens (tertiary/aromatic N) is 8. The van der Waals surface area contributed by atoms with Crippen LogP contribution in [0.15, 0.2) is 90.5 Å². The van der Waals surface area contributed by atoms with E-state index in [1.54, 1.807) is 17.9 Å². The Bertz CT molecular complexity index is 2230. The zero-order valence-electron chi connectivity index (χ0n) is 30.3. The number of hydrogen-bond acceptors (Lipinski definition) is 11. The fourth-order valence-electron chi connectivity index (χ4n) is 7.48. The van der Waals surface area contributed by atoms with Crippen molar-refractivity contribution >= 4 is 21.8 Å². The second-order valence-electron chi connectivity index (χ2n) is 13.8. The van der Waals surface area contributed by atoms with E-state index in [-0.39, 0.29) is 18.0 Å². The molecule has 0 aliphatic carbocycles. The number of piperazine rings is 1. The number of benzene rings is 3. The first-order valence-corrected chi connectivity index (χ1v) is 19.3. The summed E-state index contributed by atoms with van der Waals surface area (Å²) in [6, 6.07) is 18.4. The van der Waals surface area contributed by atoms with Crippen LogP contribution < -0.4 is 20.2 Å². The number of halogens is 2. The van der Waals surface area contributed by atoms with Crippen LogP contribution in [-0.2, 0) is 31.5 Å². The van der Waals surface area contributed by atoms with Gasteiger partial charge < -0.3 is 19.3 Å². The van der Waals surface area contributed by atoms with Crippen molar-refractivity contribution in [1.82, 2.24) is 29.1 Å². The molecule has 0 spiro atoms. The highest BCUT2D eigenvalue weighted by molar-refractivity contribution is 7.80. The monoisotopic (exact) mass is 780 g/mol. The van der Waals surface area contributed by atoms with Gasteiger partial charge in [-0.05, 0) is 74.4 Å². The first kappa shape index (κ1) is 38.1. The third kappa shape index (κ3) is 8.56. The summed E-state index contributed by atoms with van der Waals surface area (Å²) in [7, 11) is -4.69. The minimum Gasteiger partial charge on any atom is -0.493 e. The molecule has 2 fully saturated rings. The van der Waals surface area contributed by atoms with Gasteiger partial charge in [0.25, 0.3) is 0 Å². The summed E-state index contributed by atoms with van der Waals surface area (Å²) >= 11 is 0. The van der Waals surface area contributed by atoms with Crippen LogP contribution in [0.3, 0.4) is 0 Å². The molecule has 2 aromatic heterocycles. The second-order valence-corrected chi connectivity index (χ2v) is 14.9. The summed E-state index contributed by atoms with van der Waals surface area (Å²) in [6.45, 7) is 7.32. The highest BCUT2D eigenvalue weighted by Gasteiger charge is 2.44. The third-order valence-corrected chi connectivity index (χ3v) is 10.8. The quantitative estimate of drug-likeness (QED) is 0.159. The molecule has 1 N–H and O–H groups in total. The minimum absolute atomic E-state index is 0.0358. The van der Waals surface area contributed by atoms with Crippen molar-refractivity contribution in [3.05, 3.63) is 113 Å². The first-order valence-electron chi connectivity index (χ1n) is 18.0. The van der Waals surface area contributed by atoms with Crippen molar-refractivity contribution in [2.75, 3.05) is 49.2 Å². The molecule has 18 heteroatoms. The van der Waals surface area contributed by atoms with E-state index in [0.717, 1.165) is 43.6 Å². The van der Waals surface area contributed by atoms with Gasteiger partial charge in [-0.15, -0.1) is 0 Å². The van der Waals surface area contributed by atoms with Crippen molar-refractivity contribution < 1.29 is 35.4 Å². The van der Waals surface area contributed by atoms with E-state index in [1.807, 2.05) is 48.5 Å². The molecule has 15 nitrogen and oxygen atoms in total. The van der Waals surface area contributed by atoms with E-state index in [4.69, 9.17) is 14.0 Å². The predicted molar refractivity (Wildman–Crippen MR) is 198 cm³/mol. The maximum atomic E-state index is 15.0. The van der Waals surface area contributed by atoms with Gasteiger partial charge >= 0.3 is 16.1 Å². The molecular weight excluding hydrogens is 739 g/mol. The third-order valence-electron chi connectivity index (χ3n) is 10.2. The van der Waals surface area contributed by atoms with E-state index in [9.17, 15) is 22.0 Å². The Morgan fingerprint density at radius 1 is 0.945 bits per heavy atom. The number of rotatable bonds is 14. The van der Waals surface area contributed by atoms with E-state index in [2.05, 4.69) is 29.2 Å². The van der Waals surface area contributed by atoms with Gasteiger partial charge in [0.15, 0.2) is 0 Å². The Morgan fingerprint density at radius 3 is 2.20 bits per heavy atom. The summed E-state index contributed by atoms with van der Waals surface area (Å²) in [6.07, 6.45) is 4.13. The maximum absolute atomic E-state index is 15.0. The molecule has 55 heavy (non-hydrogen) atoms. The van der Waals surface area contributed by atoms with Crippen LogP contribution in [0.5, 0.6) is 5.75 Å². The molecule has 4 heterocycles. The number of anilines is 2. The van der Waals surface area contributed by atoms with Gasteiger partial charge in [0.2, 0.25) is 0 Å². The predicted octanol–water partition coefficient (Wildman–Crippen LogP) is 4.40. The van der Waals surface area contributed by atoms with Crippen molar-refractivity contribution in [3.8, 4) is 11.4 Å². The van der Waals surface area contributed by atoms with Gasteiger partial charge in [-0.1, -0.05) is 13.0 Å². The maximum Gasteiger partial charge on any atom is 0.397 e. The Morgan fingerprint density at radius 2 is 1.60 bits per heavy atom. The van der Waals surface area contributed by atoms with E-state index >= 15 is 0 Å². The van der Waals surface area contributed by atoms with E-state index < -0.39 is 45.5 Å². The van der Waals surface area contributed by atoms with Crippen molar-refractivity contribution in [2.24, 2.45) is 5.92 Å². The summed E-state index contributed by atoms with van der Waals surface area (Å²) in [5, 5.41) is 8.36. The molecule has 2 aliphatic heterocycles. The summed E-state index contributed by atoms with van der Waals surface area (Å²) in [5.41, 5.74) is 1.47. The second kappa shape index (κ2) is 15.9. The lowest BCUT2D eigenvalue weighted by atomic mass is 9.87. The fourth-order valence-corrected chi connectivity index (χ4v) is 7.99. The van der Waals surface area contributed by atoms with Crippen LogP contribution >= 0.6 is 0 Å². The Kier molecular flexibility index (Phi) is 11.0. The average Bonchev–Trinajstić information content (AvgIpc) is 3.92. The summed E-state index contributed by atoms with van der Waals surface area (Å²) < 4.78 is 81.4. The highest BCUT2D eigenvalue weighted by atomic mass is 32.3. The molecule has 0 bridgehead atoms. The number of ether oxygens (including phenoxy) is 2. The zero-order valence-corrected chi connectivity index (χ0v) is 31.1. The summed E-state index contributed by atoms with van der Waals surface area (Å²) in [4.78, 5) is 21.8. The van der Waals surface area contributed by atoms with Crippen molar-refractivity contribution in [3.63, 3.8) is 0 Å². The molecule has 0 amide bonds. The molecule has 3 aromatic carbocycles. The van der Waals surface area contributed by atoms with Gasteiger partial charge in [-0.2, -0.15) is 18.6 Å². The zero-order chi connectivity index (χ0) is 38.7. The van der Waals surface area contributed by atoms with E-state index in [1.165, 1.54) is 41.0 Å². The Balaban J connectivity index is 0.919. The first-order chi connectivity index (χ1) is 26.4. The SMILES string of the molecule is CC[C@@H](C(C)OS(=O)(=O)O)n1ncn(-c2ccc(N3CCN(c4ccc(OC[C@@H]5CO[C@@](Cn6cncn6)(c6ccc(F)cc6F)C5)cc4)CC3)cc2)c1=O. The normalized spacial score (nSPS) is 20.1. The van der Waals surface area contributed by atoms with Crippen LogP contribution in [0.1, 0.15) is 38.3 Å².